The van der Waals surface area contributed by atoms with Crippen LogP contribution < -0.4 is 5.32 Å². The maximum Gasteiger partial charge on any atom is 0.305 e. The Morgan fingerprint density at radius 2 is 1.43 bits per heavy atom. The number of nitrogens with one attached hydrogen (secondary N) is 1. The van der Waals surface area contributed by atoms with Gasteiger partial charge in [0.1, 0.15) is 0 Å². The van der Waals surface area contributed by atoms with Crippen LogP contribution in [0.15, 0.2) is 0 Å². The molecule has 0 bridgehead atoms. The minimum absolute atomic E-state index is 0.0215. The van der Waals surface area contributed by atoms with Gasteiger partial charge in [0, 0.05) is 13.0 Å². The Kier molecular flexibility index (Phi) is 18.9. The van der Waals surface area contributed by atoms with Crippen LogP contribution >= 0.6 is 0 Å². The first kappa shape index (κ1) is 22.4. The molecule has 0 rings (SSSR count). The van der Waals surface area contributed by atoms with Crippen molar-refractivity contribution in [2.75, 3.05) is 26.3 Å². The second-order valence-electron chi connectivity index (χ2n) is 6.33. The molecule has 0 aliphatic carbocycles. The first-order valence-electron chi connectivity index (χ1n) is 9.78. The minimum atomic E-state index is -0.0215. The van der Waals surface area contributed by atoms with E-state index in [2.05, 4.69) is 12.2 Å². The van der Waals surface area contributed by atoms with Crippen molar-refractivity contribution in [3.63, 3.8) is 0 Å². The van der Waals surface area contributed by atoms with Gasteiger partial charge >= 0.3 is 5.97 Å². The van der Waals surface area contributed by atoms with Crippen LogP contribution in [-0.4, -0.2) is 37.4 Å². The van der Waals surface area contributed by atoms with Gasteiger partial charge in [-0.2, -0.15) is 0 Å². The average Bonchev–Trinajstić information content (AvgIpc) is 2.55. The zero-order valence-electron chi connectivity index (χ0n) is 15.3. The molecule has 0 aliphatic rings. The molecule has 0 radical (unpaired) electrons. The number of esters is 1. The largest absolute Gasteiger partial charge is 0.466 e. The summed E-state index contributed by atoms with van der Waals surface area (Å²) in [4.78, 5) is 11.6. The van der Waals surface area contributed by atoms with E-state index in [9.17, 15) is 4.79 Å². The molecule has 2 N–H and O–H groups in total. The Hall–Kier alpha value is -0.610. The lowest BCUT2D eigenvalue weighted by Gasteiger charge is -2.05. The van der Waals surface area contributed by atoms with E-state index < -0.39 is 0 Å². The Balaban J connectivity index is 3.13. The van der Waals surface area contributed by atoms with E-state index in [1.807, 2.05) is 0 Å². The maximum absolute atomic E-state index is 11.6. The summed E-state index contributed by atoms with van der Waals surface area (Å²) < 4.78 is 5.27. The van der Waals surface area contributed by atoms with E-state index >= 15 is 0 Å². The first-order chi connectivity index (χ1) is 11.3. The number of rotatable bonds is 18. The third-order valence-electron chi connectivity index (χ3n) is 4.03. The molecule has 0 heterocycles. The molecule has 4 heteroatoms. The summed E-state index contributed by atoms with van der Waals surface area (Å²) in [5.74, 6) is -0.0215. The number of unbranched alkanes of at least 4 members (excludes halogenated alkanes) is 10. The van der Waals surface area contributed by atoms with Crippen LogP contribution in [0.2, 0.25) is 0 Å². The molecular weight excluding hydrogens is 290 g/mol. The zero-order chi connectivity index (χ0) is 17.0. The van der Waals surface area contributed by atoms with Gasteiger partial charge in [-0.1, -0.05) is 64.7 Å². The molecule has 23 heavy (non-hydrogen) atoms. The summed E-state index contributed by atoms with van der Waals surface area (Å²) in [6.07, 6.45) is 14.9. The highest BCUT2D eigenvalue weighted by Crippen LogP contribution is 2.09. The van der Waals surface area contributed by atoms with E-state index in [-0.39, 0.29) is 12.6 Å². The lowest BCUT2D eigenvalue weighted by atomic mass is 10.1. The second-order valence-corrected chi connectivity index (χ2v) is 6.33. The van der Waals surface area contributed by atoms with Crippen molar-refractivity contribution in [3.05, 3.63) is 0 Å². The van der Waals surface area contributed by atoms with Crippen LogP contribution in [0.5, 0.6) is 0 Å². The molecular formula is C19H39NO3. The Morgan fingerprint density at radius 1 is 0.826 bits per heavy atom. The molecule has 4 nitrogen and oxygen atoms in total. The highest BCUT2D eigenvalue weighted by molar-refractivity contribution is 5.69. The van der Waals surface area contributed by atoms with Crippen LogP contribution in [0.1, 0.15) is 90.4 Å². The summed E-state index contributed by atoms with van der Waals surface area (Å²) in [5.41, 5.74) is 0. The van der Waals surface area contributed by atoms with Gasteiger partial charge in [-0.15, -0.1) is 0 Å². The normalized spacial score (nSPS) is 10.9. The van der Waals surface area contributed by atoms with Gasteiger partial charge < -0.3 is 15.2 Å². The summed E-state index contributed by atoms with van der Waals surface area (Å²) in [6, 6.07) is 0. The van der Waals surface area contributed by atoms with Crippen LogP contribution in [0.3, 0.4) is 0 Å². The van der Waals surface area contributed by atoms with E-state index in [1.165, 1.54) is 44.9 Å². The number of ether oxygens (including phenoxy) is 1. The standard InChI is InChI=1S/C19H39NO3/c1-2-3-4-5-6-8-11-14-19(22)23-18-13-10-7-9-12-15-20-16-17-21/h20-21H,2-18H2,1H3. The van der Waals surface area contributed by atoms with Crippen molar-refractivity contribution in [2.45, 2.75) is 90.4 Å². The Labute approximate surface area is 143 Å². The topological polar surface area (TPSA) is 58.6 Å². The molecule has 0 aromatic carbocycles. The van der Waals surface area contributed by atoms with Crippen molar-refractivity contribution in [3.8, 4) is 0 Å². The fraction of sp³-hybridized carbons (Fsp3) is 0.947. The molecule has 0 aromatic rings. The molecule has 0 spiro atoms. The maximum atomic E-state index is 11.6. The molecule has 0 atom stereocenters. The predicted molar refractivity (Wildman–Crippen MR) is 96.6 cm³/mol. The number of hydrogen-bond donors (Lipinski definition) is 2. The van der Waals surface area contributed by atoms with Crippen LogP contribution in [0.25, 0.3) is 0 Å². The quantitative estimate of drug-likeness (QED) is 0.292. The van der Waals surface area contributed by atoms with E-state index in [0.29, 0.717) is 19.6 Å². The van der Waals surface area contributed by atoms with Gasteiger partial charge in [-0.3, -0.25) is 4.79 Å². The van der Waals surface area contributed by atoms with Crippen LogP contribution in [0.4, 0.5) is 0 Å². The summed E-state index contributed by atoms with van der Waals surface area (Å²) in [5, 5.41) is 11.8. The van der Waals surface area contributed by atoms with Crippen LogP contribution in [0, 0.1) is 0 Å². The zero-order valence-corrected chi connectivity index (χ0v) is 15.3. The SMILES string of the molecule is CCCCCCCCCC(=O)OCCCCCCCNCCO. The number of carbonyl (C=O) groups excluding carboxylic acids is 1. The smallest absolute Gasteiger partial charge is 0.305 e. The highest BCUT2D eigenvalue weighted by atomic mass is 16.5. The van der Waals surface area contributed by atoms with Crippen molar-refractivity contribution in [1.82, 2.24) is 5.32 Å². The van der Waals surface area contributed by atoms with Crippen LogP contribution in [-0.2, 0) is 9.53 Å². The van der Waals surface area contributed by atoms with Crippen molar-refractivity contribution < 1.29 is 14.6 Å². The fourth-order valence-electron chi connectivity index (χ4n) is 2.57. The Morgan fingerprint density at radius 3 is 2.13 bits per heavy atom. The summed E-state index contributed by atoms with van der Waals surface area (Å²) >= 11 is 0. The van der Waals surface area contributed by atoms with Gasteiger partial charge in [-0.25, -0.2) is 0 Å². The summed E-state index contributed by atoms with van der Waals surface area (Å²) in [6.45, 7) is 4.69. The number of carbonyl (C=O) groups is 1. The number of aliphatic hydroxyl groups excluding tert-OH is 1. The molecule has 0 fully saturated rings. The lowest BCUT2D eigenvalue weighted by Crippen LogP contribution is -2.19. The monoisotopic (exact) mass is 329 g/mol. The van der Waals surface area contributed by atoms with Gasteiger partial charge in [0.25, 0.3) is 0 Å². The van der Waals surface area contributed by atoms with Gasteiger partial charge in [0.15, 0.2) is 0 Å². The molecule has 0 aliphatic heterocycles. The van der Waals surface area contributed by atoms with E-state index in [4.69, 9.17) is 9.84 Å². The third kappa shape index (κ3) is 19.3. The van der Waals surface area contributed by atoms with Crippen molar-refractivity contribution >= 4 is 5.97 Å². The first-order valence-corrected chi connectivity index (χ1v) is 9.78. The van der Waals surface area contributed by atoms with E-state index in [0.717, 1.165) is 38.6 Å². The number of aliphatic hydroxyl groups is 1. The molecule has 138 valence electrons. The molecule has 0 saturated carbocycles. The predicted octanol–water partition coefficient (Wildman–Crippen LogP) is 4.20. The molecule has 0 saturated heterocycles. The minimum Gasteiger partial charge on any atom is -0.466 e. The lowest BCUT2D eigenvalue weighted by molar-refractivity contribution is -0.143. The molecule has 0 aromatic heterocycles. The van der Waals surface area contributed by atoms with Gasteiger partial charge in [-0.05, 0) is 25.8 Å². The van der Waals surface area contributed by atoms with Gasteiger partial charge in [0.05, 0.1) is 13.2 Å². The molecule has 0 unspecified atom stereocenters. The molecule has 0 amide bonds. The number of hydrogen-bond acceptors (Lipinski definition) is 4. The Bertz CT molecular complexity index is 247. The van der Waals surface area contributed by atoms with E-state index in [1.54, 1.807) is 0 Å². The van der Waals surface area contributed by atoms with Crippen molar-refractivity contribution in [2.24, 2.45) is 0 Å². The highest BCUT2D eigenvalue weighted by Gasteiger charge is 2.02. The average molecular weight is 330 g/mol. The third-order valence-corrected chi connectivity index (χ3v) is 4.03. The second kappa shape index (κ2) is 19.4. The summed E-state index contributed by atoms with van der Waals surface area (Å²) in [7, 11) is 0. The van der Waals surface area contributed by atoms with Crippen molar-refractivity contribution in [1.29, 1.82) is 0 Å². The fourth-order valence-corrected chi connectivity index (χ4v) is 2.57. The van der Waals surface area contributed by atoms with Gasteiger partial charge in [0.2, 0.25) is 0 Å².